The van der Waals surface area contributed by atoms with Gasteiger partial charge < -0.3 is 24.3 Å². The van der Waals surface area contributed by atoms with Crippen molar-refractivity contribution in [3.63, 3.8) is 0 Å². The number of ether oxygens (including phenoxy) is 1. The van der Waals surface area contributed by atoms with Crippen LogP contribution in [-0.2, 0) is 31.6 Å². The molecule has 6 atom stereocenters. The standard InChI is InChI=1S/C10H16FN2O13P3/c1-4-3-13(10(15)12-8(4)14)9-7(6(11)5(2)23-9)24-28(19,20)26-29(21,22)25-27(16,17)18/h3,5-7,9H,1-2H3,(H,19,20)(H,21,22)(H,12,14,15)(H2,16,17,18)/t5-,6-,7?,9-/m1/s1. The summed E-state index contributed by atoms with van der Waals surface area (Å²) in [7, 11) is -17.1. The van der Waals surface area contributed by atoms with Gasteiger partial charge in [0.05, 0.1) is 6.10 Å². The fraction of sp³-hybridized carbons (Fsp3) is 0.600. The molecular formula is C10H16FN2O13P3. The summed E-state index contributed by atoms with van der Waals surface area (Å²) in [5, 5.41) is 0. The minimum absolute atomic E-state index is 0.000228. The Bertz CT molecular complexity index is 1030. The fourth-order valence-electron chi connectivity index (χ4n) is 2.36. The van der Waals surface area contributed by atoms with E-state index in [2.05, 4.69) is 13.1 Å². The topological polar surface area (TPSA) is 224 Å². The Labute approximate surface area is 160 Å². The van der Waals surface area contributed by atoms with Gasteiger partial charge in [-0.1, -0.05) is 0 Å². The lowest BCUT2D eigenvalue weighted by Gasteiger charge is -2.24. The highest BCUT2D eigenvalue weighted by Gasteiger charge is 2.51. The number of aromatic nitrogens is 2. The van der Waals surface area contributed by atoms with Gasteiger partial charge >= 0.3 is 29.2 Å². The number of nitrogens with one attached hydrogen (secondary N) is 1. The van der Waals surface area contributed by atoms with Gasteiger partial charge in [-0.25, -0.2) is 22.9 Å². The number of nitrogens with zero attached hydrogens (tertiary/aromatic N) is 1. The molecule has 2 heterocycles. The van der Waals surface area contributed by atoms with Gasteiger partial charge in [-0.3, -0.25) is 18.9 Å². The maximum absolute atomic E-state index is 14.5. The first-order valence-electron chi connectivity index (χ1n) is 7.45. The van der Waals surface area contributed by atoms with Crippen LogP contribution in [0.3, 0.4) is 0 Å². The summed E-state index contributed by atoms with van der Waals surface area (Å²) in [6.07, 6.45) is -6.28. The average Bonchev–Trinajstić information content (AvgIpc) is 2.75. The lowest BCUT2D eigenvalue weighted by atomic mass is 10.2. The molecule has 166 valence electrons. The molecule has 0 bridgehead atoms. The smallest absolute Gasteiger partial charge is 0.349 e. The molecule has 1 saturated heterocycles. The second kappa shape index (κ2) is 8.25. The van der Waals surface area contributed by atoms with Crippen molar-refractivity contribution >= 4 is 23.5 Å². The molecule has 1 aromatic rings. The van der Waals surface area contributed by atoms with Crippen molar-refractivity contribution in [3.05, 3.63) is 32.6 Å². The lowest BCUT2D eigenvalue weighted by molar-refractivity contribution is -0.0341. The molecule has 0 saturated carbocycles. The molecule has 0 amide bonds. The summed E-state index contributed by atoms with van der Waals surface area (Å²) in [6.45, 7) is 2.49. The van der Waals surface area contributed by atoms with E-state index in [-0.39, 0.29) is 5.56 Å². The third-order valence-corrected chi connectivity index (χ3v) is 7.33. The molecule has 0 radical (unpaired) electrons. The maximum Gasteiger partial charge on any atom is 0.490 e. The van der Waals surface area contributed by atoms with Crippen molar-refractivity contribution in [1.82, 2.24) is 9.55 Å². The Morgan fingerprint density at radius 2 is 1.72 bits per heavy atom. The summed E-state index contributed by atoms with van der Waals surface area (Å²) in [5.41, 5.74) is -1.83. The van der Waals surface area contributed by atoms with Crippen LogP contribution in [0, 0.1) is 6.92 Å². The molecule has 19 heteroatoms. The van der Waals surface area contributed by atoms with Crippen LogP contribution in [-0.4, -0.2) is 47.5 Å². The number of rotatable bonds is 7. The number of phosphoric acid groups is 3. The number of H-pyrrole nitrogens is 1. The molecule has 3 unspecified atom stereocenters. The summed E-state index contributed by atoms with van der Waals surface area (Å²) in [5.74, 6) is 0. The number of aryl methyl sites for hydroxylation is 1. The Morgan fingerprint density at radius 1 is 1.14 bits per heavy atom. The van der Waals surface area contributed by atoms with Crippen molar-refractivity contribution in [2.75, 3.05) is 0 Å². The van der Waals surface area contributed by atoms with E-state index in [1.54, 1.807) is 0 Å². The SMILES string of the molecule is Cc1cn([C@@H]2O[C@H](C)[C@@H](F)C2OP(=O)(O)OP(=O)(O)OP(=O)(O)O)c(=O)[nH]c1=O. The first-order valence-corrected chi connectivity index (χ1v) is 12.0. The summed E-state index contributed by atoms with van der Waals surface area (Å²) < 4.78 is 65.9. The second-order valence-corrected chi connectivity index (χ2v) is 10.2. The minimum Gasteiger partial charge on any atom is -0.349 e. The Morgan fingerprint density at radius 3 is 2.28 bits per heavy atom. The summed E-state index contributed by atoms with van der Waals surface area (Å²) in [4.78, 5) is 61.1. The van der Waals surface area contributed by atoms with E-state index in [1.165, 1.54) is 13.8 Å². The fourth-order valence-corrected chi connectivity index (χ4v) is 5.55. The van der Waals surface area contributed by atoms with E-state index >= 15 is 0 Å². The van der Waals surface area contributed by atoms with E-state index in [1.807, 2.05) is 4.98 Å². The Balaban J connectivity index is 2.33. The number of aromatic amines is 1. The first-order chi connectivity index (χ1) is 13.0. The lowest BCUT2D eigenvalue weighted by Crippen LogP contribution is -2.38. The molecule has 29 heavy (non-hydrogen) atoms. The predicted molar refractivity (Wildman–Crippen MR) is 89.3 cm³/mol. The van der Waals surface area contributed by atoms with Crippen LogP contribution in [0.1, 0.15) is 18.7 Å². The van der Waals surface area contributed by atoms with Gasteiger partial charge in [-0.15, -0.1) is 0 Å². The van der Waals surface area contributed by atoms with E-state index < -0.39 is 59.3 Å². The van der Waals surface area contributed by atoms with Crippen LogP contribution >= 0.6 is 23.5 Å². The maximum atomic E-state index is 14.5. The highest BCUT2D eigenvalue weighted by atomic mass is 31.3. The van der Waals surface area contributed by atoms with Crippen LogP contribution in [0.2, 0.25) is 0 Å². The molecule has 5 N–H and O–H groups in total. The largest absolute Gasteiger partial charge is 0.490 e. The van der Waals surface area contributed by atoms with Crippen LogP contribution in [0.4, 0.5) is 4.39 Å². The van der Waals surface area contributed by atoms with Crippen LogP contribution in [0.15, 0.2) is 15.8 Å². The molecular weight excluding hydrogens is 468 g/mol. The van der Waals surface area contributed by atoms with Crippen LogP contribution in [0.25, 0.3) is 0 Å². The molecule has 1 aliphatic heterocycles. The van der Waals surface area contributed by atoms with Crippen molar-refractivity contribution in [1.29, 1.82) is 0 Å². The van der Waals surface area contributed by atoms with Gasteiger partial charge in [-0.05, 0) is 13.8 Å². The summed E-state index contributed by atoms with van der Waals surface area (Å²) in [6, 6.07) is 0. The van der Waals surface area contributed by atoms with Crippen molar-refractivity contribution < 1.29 is 55.5 Å². The number of hydrogen-bond acceptors (Lipinski definition) is 9. The third-order valence-electron chi connectivity index (χ3n) is 3.49. The zero-order valence-electron chi connectivity index (χ0n) is 14.5. The number of hydrogen-bond donors (Lipinski definition) is 5. The van der Waals surface area contributed by atoms with Gasteiger partial charge in [0.25, 0.3) is 5.56 Å². The molecule has 2 rings (SSSR count). The van der Waals surface area contributed by atoms with E-state index in [4.69, 9.17) is 19.4 Å². The quantitative estimate of drug-likeness (QED) is 0.317. The monoisotopic (exact) mass is 484 g/mol. The number of phosphoric ester groups is 1. The van der Waals surface area contributed by atoms with Crippen LogP contribution in [0.5, 0.6) is 0 Å². The predicted octanol–water partition coefficient (Wildman–Crippen LogP) is -0.188. The van der Waals surface area contributed by atoms with Gasteiger partial charge in [0, 0.05) is 11.8 Å². The van der Waals surface area contributed by atoms with Crippen molar-refractivity contribution in [2.45, 2.75) is 38.5 Å². The molecule has 0 aliphatic carbocycles. The molecule has 0 spiro atoms. The van der Waals surface area contributed by atoms with Gasteiger partial charge in [0.2, 0.25) is 0 Å². The number of halogens is 1. The van der Waals surface area contributed by atoms with E-state index in [0.717, 1.165) is 6.20 Å². The van der Waals surface area contributed by atoms with E-state index in [9.17, 15) is 32.6 Å². The van der Waals surface area contributed by atoms with Crippen LogP contribution < -0.4 is 11.2 Å². The highest BCUT2D eigenvalue weighted by molar-refractivity contribution is 7.66. The Kier molecular flexibility index (Phi) is 6.90. The van der Waals surface area contributed by atoms with Crippen molar-refractivity contribution in [2.24, 2.45) is 0 Å². The second-order valence-electron chi connectivity index (χ2n) is 5.82. The Hall–Kier alpha value is -1.02. The molecule has 0 aromatic carbocycles. The first kappa shape index (κ1) is 24.3. The van der Waals surface area contributed by atoms with E-state index in [0.29, 0.717) is 4.57 Å². The number of alkyl halides is 1. The van der Waals surface area contributed by atoms with Gasteiger partial charge in [-0.2, -0.15) is 8.62 Å². The van der Waals surface area contributed by atoms with Gasteiger partial charge in [0.15, 0.2) is 12.4 Å². The zero-order valence-corrected chi connectivity index (χ0v) is 17.2. The highest BCUT2D eigenvalue weighted by Crippen LogP contribution is 2.67. The van der Waals surface area contributed by atoms with Gasteiger partial charge in [0.1, 0.15) is 6.10 Å². The minimum atomic E-state index is -5.82. The molecule has 15 nitrogen and oxygen atoms in total. The third kappa shape index (κ3) is 6.23. The zero-order chi connectivity index (χ0) is 22.4. The normalized spacial score (nSPS) is 29.3. The molecule has 1 aromatic heterocycles. The molecule has 1 aliphatic rings. The van der Waals surface area contributed by atoms with Crippen molar-refractivity contribution in [3.8, 4) is 0 Å². The summed E-state index contributed by atoms with van der Waals surface area (Å²) >= 11 is 0. The molecule has 1 fully saturated rings. The average molecular weight is 484 g/mol.